The summed E-state index contributed by atoms with van der Waals surface area (Å²) in [4.78, 5) is 22.5. The molecule has 1 saturated heterocycles. The molecule has 2 aromatic heterocycles. The number of nitrogens with one attached hydrogen (secondary N) is 2. The Kier molecular flexibility index (Phi) is 6.27. The first-order chi connectivity index (χ1) is 15.4. The first kappa shape index (κ1) is 21.6. The SMILES string of the molecule is COc1cc(NC2CCN(C)CC2)ccc1Nc1nccc(-c2cc(C(=O)O)cn2C)n1. The van der Waals surface area contributed by atoms with E-state index in [0.29, 0.717) is 29.1 Å². The lowest BCUT2D eigenvalue weighted by Gasteiger charge is -2.30. The summed E-state index contributed by atoms with van der Waals surface area (Å²) in [5.41, 5.74) is 3.29. The van der Waals surface area contributed by atoms with E-state index in [1.54, 1.807) is 43.3 Å². The molecule has 0 atom stereocenters. The number of carbonyl (C=O) groups is 1. The van der Waals surface area contributed by atoms with Gasteiger partial charge in [0.1, 0.15) is 5.75 Å². The molecule has 9 nitrogen and oxygen atoms in total. The van der Waals surface area contributed by atoms with Crippen LogP contribution in [0.5, 0.6) is 5.75 Å². The highest BCUT2D eigenvalue weighted by Gasteiger charge is 2.17. The van der Waals surface area contributed by atoms with Crippen LogP contribution in [0.2, 0.25) is 0 Å². The van der Waals surface area contributed by atoms with Crippen LogP contribution in [0.15, 0.2) is 42.7 Å². The molecule has 0 spiro atoms. The normalized spacial score (nSPS) is 14.8. The van der Waals surface area contributed by atoms with Crippen LogP contribution in [-0.4, -0.2) is 63.8 Å². The van der Waals surface area contributed by atoms with E-state index >= 15 is 0 Å². The summed E-state index contributed by atoms with van der Waals surface area (Å²) in [7, 11) is 5.57. The van der Waals surface area contributed by atoms with Gasteiger partial charge in [-0.3, -0.25) is 0 Å². The number of rotatable bonds is 7. The van der Waals surface area contributed by atoms with Crippen molar-refractivity contribution < 1.29 is 14.6 Å². The minimum absolute atomic E-state index is 0.213. The number of aromatic nitrogens is 3. The summed E-state index contributed by atoms with van der Waals surface area (Å²) >= 11 is 0. The minimum atomic E-state index is -0.974. The van der Waals surface area contributed by atoms with Crippen LogP contribution in [0, 0.1) is 0 Å². The molecule has 0 unspecified atom stereocenters. The van der Waals surface area contributed by atoms with Gasteiger partial charge in [0.15, 0.2) is 0 Å². The number of ether oxygens (including phenoxy) is 1. The van der Waals surface area contributed by atoms with Crippen molar-refractivity contribution in [2.24, 2.45) is 7.05 Å². The standard InChI is InChI=1S/C23H28N6O3/c1-28-10-7-16(8-11-28)25-17-4-5-19(21(13-17)32-3)27-23-24-9-6-18(26-23)20-12-15(22(30)31)14-29(20)2/h4-6,9,12-14,16,25H,7-8,10-11H2,1-3H3,(H,30,31)(H,24,26,27). The third-order valence-corrected chi connectivity index (χ3v) is 5.71. The van der Waals surface area contributed by atoms with Crippen LogP contribution in [0.1, 0.15) is 23.2 Å². The highest BCUT2D eigenvalue weighted by atomic mass is 16.5. The largest absolute Gasteiger partial charge is 0.494 e. The number of benzene rings is 1. The Morgan fingerprint density at radius 1 is 1.19 bits per heavy atom. The highest BCUT2D eigenvalue weighted by molar-refractivity contribution is 5.89. The molecule has 0 amide bonds. The summed E-state index contributed by atoms with van der Waals surface area (Å²) in [6, 6.07) is 9.73. The van der Waals surface area contributed by atoms with Crippen LogP contribution >= 0.6 is 0 Å². The topological polar surface area (TPSA) is 105 Å². The van der Waals surface area contributed by atoms with Gasteiger partial charge in [-0.05, 0) is 57.2 Å². The maximum Gasteiger partial charge on any atom is 0.337 e. The Morgan fingerprint density at radius 3 is 2.66 bits per heavy atom. The number of nitrogens with zero attached hydrogens (tertiary/aromatic N) is 4. The minimum Gasteiger partial charge on any atom is -0.494 e. The Bertz CT molecular complexity index is 1100. The summed E-state index contributed by atoms with van der Waals surface area (Å²) < 4.78 is 7.33. The van der Waals surface area contributed by atoms with Crippen molar-refractivity contribution >= 4 is 23.3 Å². The Labute approximate surface area is 187 Å². The van der Waals surface area contributed by atoms with E-state index in [-0.39, 0.29) is 5.56 Å². The second-order valence-electron chi connectivity index (χ2n) is 8.06. The van der Waals surface area contributed by atoms with Gasteiger partial charge in [0.05, 0.1) is 29.7 Å². The first-order valence-corrected chi connectivity index (χ1v) is 10.6. The smallest absolute Gasteiger partial charge is 0.337 e. The van der Waals surface area contributed by atoms with Crippen molar-refractivity contribution in [1.82, 2.24) is 19.4 Å². The highest BCUT2D eigenvalue weighted by Crippen LogP contribution is 2.31. The van der Waals surface area contributed by atoms with Gasteiger partial charge in [-0.15, -0.1) is 0 Å². The fraction of sp³-hybridized carbons (Fsp3) is 0.348. The Hall–Kier alpha value is -3.59. The van der Waals surface area contributed by atoms with Crippen molar-refractivity contribution in [2.75, 3.05) is 37.9 Å². The van der Waals surface area contributed by atoms with E-state index in [2.05, 4.69) is 32.5 Å². The lowest BCUT2D eigenvalue weighted by molar-refractivity contribution is 0.0697. The lowest BCUT2D eigenvalue weighted by Crippen LogP contribution is -2.36. The number of piperidine rings is 1. The molecule has 0 aliphatic carbocycles. The van der Waals surface area contributed by atoms with Crippen LogP contribution in [0.25, 0.3) is 11.4 Å². The van der Waals surface area contributed by atoms with E-state index < -0.39 is 5.97 Å². The van der Waals surface area contributed by atoms with Crippen molar-refractivity contribution in [1.29, 1.82) is 0 Å². The number of hydrogen-bond acceptors (Lipinski definition) is 7. The predicted octanol–water partition coefficient (Wildman–Crippen LogP) is 3.44. The van der Waals surface area contributed by atoms with Crippen LogP contribution in [0.3, 0.4) is 0 Å². The van der Waals surface area contributed by atoms with Gasteiger partial charge in [0.25, 0.3) is 0 Å². The lowest BCUT2D eigenvalue weighted by atomic mass is 10.1. The summed E-state index contributed by atoms with van der Waals surface area (Å²) in [5, 5.41) is 16.0. The third kappa shape index (κ3) is 4.83. The molecule has 3 N–H and O–H groups in total. The van der Waals surface area contributed by atoms with Gasteiger partial charge >= 0.3 is 5.97 Å². The molecule has 9 heteroatoms. The van der Waals surface area contributed by atoms with E-state index in [9.17, 15) is 9.90 Å². The molecule has 4 rings (SSSR count). The van der Waals surface area contributed by atoms with Crippen molar-refractivity contribution in [2.45, 2.75) is 18.9 Å². The van der Waals surface area contributed by atoms with Gasteiger partial charge in [-0.1, -0.05) is 0 Å². The number of carboxylic acids is 1. The van der Waals surface area contributed by atoms with Gasteiger partial charge in [-0.2, -0.15) is 0 Å². The van der Waals surface area contributed by atoms with E-state index in [1.165, 1.54) is 0 Å². The number of anilines is 3. The summed E-state index contributed by atoms with van der Waals surface area (Å²) in [6.07, 6.45) is 5.43. The Morgan fingerprint density at radius 2 is 1.97 bits per heavy atom. The van der Waals surface area contributed by atoms with Gasteiger partial charge in [-0.25, -0.2) is 14.8 Å². The van der Waals surface area contributed by atoms with E-state index in [1.807, 2.05) is 18.2 Å². The predicted molar refractivity (Wildman–Crippen MR) is 124 cm³/mol. The maximum absolute atomic E-state index is 11.3. The van der Waals surface area contributed by atoms with Crippen LogP contribution < -0.4 is 15.4 Å². The molecule has 1 aliphatic heterocycles. The zero-order valence-electron chi connectivity index (χ0n) is 18.5. The van der Waals surface area contributed by atoms with Gasteiger partial charge < -0.3 is 29.9 Å². The molecule has 1 aliphatic rings. The molecule has 168 valence electrons. The van der Waals surface area contributed by atoms with Crippen LogP contribution in [0.4, 0.5) is 17.3 Å². The molecule has 3 heterocycles. The second kappa shape index (κ2) is 9.27. The van der Waals surface area contributed by atoms with Gasteiger partial charge in [0, 0.05) is 37.2 Å². The monoisotopic (exact) mass is 436 g/mol. The van der Waals surface area contributed by atoms with Gasteiger partial charge in [0.2, 0.25) is 5.95 Å². The quantitative estimate of drug-likeness (QED) is 0.517. The molecule has 0 saturated carbocycles. The van der Waals surface area contributed by atoms with Crippen molar-refractivity contribution in [3.8, 4) is 17.1 Å². The third-order valence-electron chi connectivity index (χ3n) is 5.71. The van der Waals surface area contributed by atoms with E-state index in [0.717, 1.165) is 37.3 Å². The number of aryl methyl sites for hydroxylation is 1. The molecular formula is C23H28N6O3. The fourth-order valence-corrected chi connectivity index (χ4v) is 3.89. The summed E-state index contributed by atoms with van der Waals surface area (Å²) in [5.74, 6) is 0.108. The molecule has 1 aromatic carbocycles. The average molecular weight is 437 g/mol. The molecule has 0 bridgehead atoms. The zero-order chi connectivity index (χ0) is 22.7. The number of aromatic carboxylic acids is 1. The molecule has 3 aromatic rings. The van der Waals surface area contributed by atoms with E-state index in [4.69, 9.17) is 4.74 Å². The average Bonchev–Trinajstić information content (AvgIpc) is 3.18. The Balaban J connectivity index is 1.51. The summed E-state index contributed by atoms with van der Waals surface area (Å²) in [6.45, 7) is 2.19. The number of carboxylic acid groups (broad SMARTS) is 1. The molecule has 32 heavy (non-hydrogen) atoms. The molecule has 0 radical (unpaired) electrons. The number of hydrogen-bond donors (Lipinski definition) is 3. The molecular weight excluding hydrogens is 408 g/mol. The zero-order valence-corrected chi connectivity index (χ0v) is 18.5. The number of methoxy groups -OCH3 is 1. The van der Waals surface area contributed by atoms with Crippen LogP contribution in [-0.2, 0) is 7.05 Å². The second-order valence-corrected chi connectivity index (χ2v) is 8.06. The van der Waals surface area contributed by atoms with Crippen molar-refractivity contribution in [3.63, 3.8) is 0 Å². The molecule has 1 fully saturated rings. The number of likely N-dealkylation sites (tertiary alicyclic amines) is 1. The fourth-order valence-electron chi connectivity index (χ4n) is 3.89. The van der Waals surface area contributed by atoms with Crippen molar-refractivity contribution in [3.05, 3.63) is 48.3 Å². The first-order valence-electron chi connectivity index (χ1n) is 10.6. The maximum atomic E-state index is 11.3.